The number of aromatic nitrogens is 1. The summed E-state index contributed by atoms with van der Waals surface area (Å²) in [6.07, 6.45) is 3.46. The third-order valence-electron chi connectivity index (χ3n) is 1.66. The summed E-state index contributed by atoms with van der Waals surface area (Å²) in [6.45, 7) is 2.03. The highest BCUT2D eigenvalue weighted by Gasteiger charge is 2.02. The van der Waals surface area contributed by atoms with Crippen LogP contribution in [0.4, 0.5) is 4.39 Å². The maximum Gasteiger partial charge on any atom is 0.141 e. The molecule has 0 aliphatic rings. The lowest BCUT2D eigenvalue weighted by Crippen LogP contribution is -2.04. The lowest BCUT2D eigenvalue weighted by Gasteiger charge is -2.06. The van der Waals surface area contributed by atoms with Crippen molar-refractivity contribution in [3.63, 3.8) is 0 Å². The molecule has 12 heavy (non-hydrogen) atoms. The van der Waals surface area contributed by atoms with E-state index in [0.717, 1.165) is 5.56 Å². The van der Waals surface area contributed by atoms with Crippen LogP contribution < -0.4 is 0 Å². The molecule has 1 atom stereocenters. The molecule has 2 nitrogen and oxygen atoms in total. The maximum atomic E-state index is 12.6. The van der Waals surface area contributed by atoms with Crippen LogP contribution in [-0.2, 0) is 6.42 Å². The third-order valence-corrected chi connectivity index (χ3v) is 1.66. The molecule has 0 saturated heterocycles. The second-order valence-electron chi connectivity index (χ2n) is 3.00. The monoisotopic (exact) mass is 169 g/mol. The van der Waals surface area contributed by atoms with E-state index in [2.05, 4.69) is 4.98 Å². The smallest absolute Gasteiger partial charge is 0.141 e. The quantitative estimate of drug-likeness (QED) is 0.741. The van der Waals surface area contributed by atoms with Gasteiger partial charge in [-0.15, -0.1) is 0 Å². The van der Waals surface area contributed by atoms with E-state index in [1.54, 1.807) is 6.20 Å². The van der Waals surface area contributed by atoms with Gasteiger partial charge in [-0.1, -0.05) is 6.92 Å². The van der Waals surface area contributed by atoms with E-state index >= 15 is 0 Å². The molecule has 1 N–H and O–H groups in total. The fraction of sp³-hybridized carbons (Fsp3) is 0.444. The normalized spacial score (nSPS) is 12.9. The van der Waals surface area contributed by atoms with Crippen molar-refractivity contribution in [2.45, 2.75) is 13.3 Å². The summed E-state index contributed by atoms with van der Waals surface area (Å²) in [5.74, 6) is -0.161. The zero-order valence-electron chi connectivity index (χ0n) is 7.00. The highest BCUT2D eigenvalue weighted by molar-refractivity contribution is 5.10. The highest BCUT2D eigenvalue weighted by Crippen LogP contribution is 2.07. The van der Waals surface area contributed by atoms with Gasteiger partial charge in [0.25, 0.3) is 0 Å². The van der Waals surface area contributed by atoms with Crippen LogP contribution in [0.5, 0.6) is 0 Å². The minimum atomic E-state index is -0.322. The lowest BCUT2D eigenvalue weighted by atomic mass is 10.0. The molecule has 0 bridgehead atoms. The Balaban J connectivity index is 2.63. The van der Waals surface area contributed by atoms with Gasteiger partial charge in [0.2, 0.25) is 0 Å². The second kappa shape index (κ2) is 4.16. The molecule has 66 valence electrons. The van der Waals surface area contributed by atoms with Crippen LogP contribution in [0.25, 0.3) is 0 Å². The summed E-state index contributed by atoms with van der Waals surface area (Å²) < 4.78 is 12.6. The Morgan fingerprint density at radius 2 is 2.33 bits per heavy atom. The van der Waals surface area contributed by atoms with Crippen molar-refractivity contribution in [1.82, 2.24) is 4.98 Å². The number of aliphatic hydroxyl groups is 1. The molecule has 0 aromatic carbocycles. The van der Waals surface area contributed by atoms with Crippen LogP contribution in [0.3, 0.4) is 0 Å². The van der Waals surface area contributed by atoms with Crippen molar-refractivity contribution in [3.05, 3.63) is 29.8 Å². The summed E-state index contributed by atoms with van der Waals surface area (Å²) in [6, 6.07) is 1.44. The minimum Gasteiger partial charge on any atom is -0.396 e. The topological polar surface area (TPSA) is 33.1 Å². The Labute approximate surface area is 71.1 Å². The van der Waals surface area contributed by atoms with Crippen LogP contribution in [0, 0.1) is 11.7 Å². The summed E-state index contributed by atoms with van der Waals surface area (Å²) in [4.78, 5) is 3.71. The van der Waals surface area contributed by atoms with Crippen molar-refractivity contribution in [1.29, 1.82) is 0 Å². The average molecular weight is 169 g/mol. The fourth-order valence-corrected chi connectivity index (χ4v) is 1.03. The average Bonchev–Trinajstić information content (AvgIpc) is 2.04. The van der Waals surface area contributed by atoms with Gasteiger partial charge in [0.15, 0.2) is 0 Å². The molecule has 0 aliphatic heterocycles. The summed E-state index contributed by atoms with van der Waals surface area (Å²) in [5.41, 5.74) is 0.830. The van der Waals surface area contributed by atoms with Gasteiger partial charge in [-0.05, 0) is 24.0 Å². The van der Waals surface area contributed by atoms with E-state index in [1.165, 1.54) is 12.3 Å². The molecule has 0 saturated carbocycles. The van der Waals surface area contributed by atoms with E-state index in [4.69, 9.17) is 5.11 Å². The molecule has 1 rings (SSSR count). The standard InChI is InChI=1S/C9H12FNO/c1-7(6-12)2-8-3-9(10)5-11-4-8/h3-5,7,12H,2,6H2,1H3/t7-/m1/s1. The van der Waals surface area contributed by atoms with Crippen LogP contribution >= 0.6 is 0 Å². The van der Waals surface area contributed by atoms with Crippen molar-refractivity contribution in [2.75, 3.05) is 6.61 Å². The number of hydrogen-bond donors (Lipinski definition) is 1. The second-order valence-corrected chi connectivity index (χ2v) is 3.00. The molecule has 0 unspecified atom stereocenters. The van der Waals surface area contributed by atoms with Gasteiger partial charge in [-0.25, -0.2) is 4.39 Å². The predicted molar refractivity (Wildman–Crippen MR) is 44.1 cm³/mol. The number of hydrogen-bond acceptors (Lipinski definition) is 2. The minimum absolute atomic E-state index is 0.122. The Morgan fingerprint density at radius 3 is 2.92 bits per heavy atom. The van der Waals surface area contributed by atoms with Gasteiger partial charge in [-0.3, -0.25) is 4.98 Å². The molecule has 1 aromatic heterocycles. The molecule has 0 spiro atoms. The van der Waals surface area contributed by atoms with Crippen LogP contribution in [0.1, 0.15) is 12.5 Å². The van der Waals surface area contributed by atoms with E-state index in [-0.39, 0.29) is 18.3 Å². The number of aliphatic hydroxyl groups excluding tert-OH is 1. The van der Waals surface area contributed by atoms with Gasteiger partial charge >= 0.3 is 0 Å². The predicted octanol–water partition coefficient (Wildman–Crippen LogP) is 1.39. The summed E-state index contributed by atoms with van der Waals surface area (Å²) >= 11 is 0. The van der Waals surface area contributed by atoms with E-state index < -0.39 is 0 Å². The first-order valence-electron chi connectivity index (χ1n) is 3.92. The van der Waals surface area contributed by atoms with Crippen LogP contribution in [0.15, 0.2) is 18.5 Å². The van der Waals surface area contributed by atoms with Gasteiger partial charge in [0.1, 0.15) is 5.82 Å². The molecule has 0 fully saturated rings. The maximum absolute atomic E-state index is 12.6. The Kier molecular flexibility index (Phi) is 3.17. The van der Waals surface area contributed by atoms with Crippen LogP contribution in [0.2, 0.25) is 0 Å². The van der Waals surface area contributed by atoms with Gasteiger partial charge in [0.05, 0.1) is 6.20 Å². The Bertz CT molecular complexity index is 252. The first-order chi connectivity index (χ1) is 5.72. The first-order valence-corrected chi connectivity index (χ1v) is 3.92. The molecule has 0 radical (unpaired) electrons. The van der Waals surface area contributed by atoms with E-state index in [1.807, 2.05) is 6.92 Å². The van der Waals surface area contributed by atoms with Gasteiger partial charge < -0.3 is 5.11 Å². The number of halogens is 1. The number of nitrogens with zero attached hydrogens (tertiary/aromatic N) is 1. The number of pyridine rings is 1. The van der Waals surface area contributed by atoms with Crippen molar-refractivity contribution in [3.8, 4) is 0 Å². The summed E-state index contributed by atoms with van der Waals surface area (Å²) in [7, 11) is 0. The van der Waals surface area contributed by atoms with Crippen molar-refractivity contribution >= 4 is 0 Å². The molecular formula is C9H12FNO. The number of rotatable bonds is 3. The van der Waals surface area contributed by atoms with Crippen molar-refractivity contribution in [2.24, 2.45) is 5.92 Å². The summed E-state index contributed by atoms with van der Waals surface area (Å²) in [5, 5.41) is 8.75. The molecule has 3 heteroatoms. The molecule has 1 heterocycles. The molecular weight excluding hydrogens is 157 g/mol. The zero-order chi connectivity index (χ0) is 8.97. The first kappa shape index (κ1) is 9.13. The Morgan fingerprint density at radius 1 is 1.58 bits per heavy atom. The molecule has 0 aliphatic carbocycles. The largest absolute Gasteiger partial charge is 0.396 e. The van der Waals surface area contributed by atoms with Gasteiger partial charge in [0, 0.05) is 12.8 Å². The SMILES string of the molecule is C[C@@H](CO)Cc1cncc(F)c1. The highest BCUT2D eigenvalue weighted by atomic mass is 19.1. The lowest BCUT2D eigenvalue weighted by molar-refractivity contribution is 0.237. The van der Waals surface area contributed by atoms with E-state index in [9.17, 15) is 4.39 Å². The molecule has 1 aromatic rings. The van der Waals surface area contributed by atoms with E-state index in [0.29, 0.717) is 6.42 Å². The zero-order valence-corrected chi connectivity index (χ0v) is 7.00. The van der Waals surface area contributed by atoms with Crippen LogP contribution in [-0.4, -0.2) is 16.7 Å². The van der Waals surface area contributed by atoms with Gasteiger partial charge in [-0.2, -0.15) is 0 Å². The fourth-order valence-electron chi connectivity index (χ4n) is 1.03. The molecule has 0 amide bonds. The Hall–Kier alpha value is -0.960. The third kappa shape index (κ3) is 2.58. The van der Waals surface area contributed by atoms with Crippen molar-refractivity contribution < 1.29 is 9.50 Å².